The van der Waals surface area contributed by atoms with Crippen LogP contribution in [-0.4, -0.2) is 21.5 Å². The number of fused-ring (bicyclic) bond motifs is 1. The van der Waals surface area contributed by atoms with Crippen LogP contribution in [0.4, 0.5) is 16.4 Å². The maximum absolute atomic E-state index is 12.6. The van der Waals surface area contributed by atoms with E-state index < -0.39 is 6.03 Å². The van der Waals surface area contributed by atoms with E-state index in [-0.39, 0.29) is 11.9 Å². The van der Waals surface area contributed by atoms with Crippen LogP contribution in [0.15, 0.2) is 48.5 Å². The molecule has 3 aromatic rings. The molecule has 0 saturated heterocycles. The van der Waals surface area contributed by atoms with Crippen LogP contribution in [-0.2, 0) is 0 Å². The van der Waals surface area contributed by atoms with Gasteiger partial charge in [-0.3, -0.25) is 5.32 Å². The molecule has 0 atom stereocenters. The number of anilines is 1. The number of rotatable bonds is 2. The summed E-state index contributed by atoms with van der Waals surface area (Å²) >= 11 is 5.93. The zero-order valence-corrected chi connectivity index (χ0v) is 12.7. The van der Waals surface area contributed by atoms with Gasteiger partial charge < -0.3 is 11.5 Å². The summed E-state index contributed by atoms with van der Waals surface area (Å²) in [5.74, 6) is 0.169. The largest absolute Gasteiger partial charge is 0.368 e. The third kappa shape index (κ3) is 3.09. The summed E-state index contributed by atoms with van der Waals surface area (Å²) in [7, 11) is 0. The van der Waals surface area contributed by atoms with Crippen molar-refractivity contribution in [3.05, 3.63) is 53.6 Å². The highest BCUT2D eigenvalue weighted by atomic mass is 35.5. The Hall–Kier alpha value is -3.06. The molecule has 1 amide bonds. The van der Waals surface area contributed by atoms with Crippen molar-refractivity contribution in [2.75, 3.05) is 5.32 Å². The fraction of sp³-hybridized carbons (Fsp3) is 0. The molecule has 116 valence electrons. The highest BCUT2D eigenvalue weighted by Gasteiger charge is 2.21. The number of nitrogens with one attached hydrogen (secondary N) is 2. The van der Waals surface area contributed by atoms with Crippen molar-refractivity contribution >= 4 is 46.3 Å². The molecule has 0 saturated carbocycles. The van der Waals surface area contributed by atoms with Crippen molar-refractivity contribution in [3.63, 3.8) is 0 Å². The van der Waals surface area contributed by atoms with E-state index in [0.717, 1.165) is 0 Å². The number of guanidine groups is 1. The van der Waals surface area contributed by atoms with Gasteiger partial charge in [-0.15, -0.1) is 4.98 Å². The third-order valence-corrected chi connectivity index (χ3v) is 3.33. The summed E-state index contributed by atoms with van der Waals surface area (Å²) in [5, 5.41) is 3.28. The van der Waals surface area contributed by atoms with E-state index in [0.29, 0.717) is 21.7 Å². The molecule has 1 heterocycles. The minimum absolute atomic E-state index is 0.0582. The van der Waals surface area contributed by atoms with E-state index in [4.69, 9.17) is 23.1 Å². The molecule has 2 aromatic carbocycles. The molecular formula is C15H14ClN6O+. The van der Waals surface area contributed by atoms with Crippen LogP contribution in [0.5, 0.6) is 0 Å². The molecule has 0 bridgehead atoms. The molecule has 0 spiro atoms. The number of carbonyl (C=O) groups excluding carboxylic acids is 1. The number of imidazole rings is 1. The minimum atomic E-state index is -0.412. The van der Waals surface area contributed by atoms with Crippen molar-refractivity contribution in [2.24, 2.45) is 11.5 Å². The highest BCUT2D eigenvalue weighted by molar-refractivity contribution is 6.30. The quantitative estimate of drug-likeness (QED) is 0.410. The molecule has 0 unspecified atom stereocenters. The topological polar surface area (TPSA) is 113 Å². The van der Waals surface area contributed by atoms with Crippen molar-refractivity contribution in [2.45, 2.75) is 0 Å². The van der Waals surface area contributed by atoms with Gasteiger partial charge in [0.2, 0.25) is 0 Å². The SMILES string of the molecule is NC(N)=[NH+]c1nc2ccccc2n1C(=O)Nc1cccc(Cl)c1. The smallest absolute Gasteiger partial charge is 0.323 e. The fourth-order valence-electron chi connectivity index (χ4n) is 2.19. The van der Waals surface area contributed by atoms with Gasteiger partial charge in [-0.25, -0.2) is 9.79 Å². The molecular weight excluding hydrogens is 316 g/mol. The Morgan fingerprint density at radius 3 is 2.70 bits per heavy atom. The molecule has 0 aliphatic carbocycles. The summed E-state index contributed by atoms with van der Waals surface area (Å²) in [6.45, 7) is 0. The predicted molar refractivity (Wildman–Crippen MR) is 89.6 cm³/mol. The average molecular weight is 330 g/mol. The second-order valence-electron chi connectivity index (χ2n) is 4.78. The van der Waals surface area contributed by atoms with Gasteiger partial charge in [0.25, 0.3) is 5.96 Å². The van der Waals surface area contributed by atoms with Gasteiger partial charge in [0.05, 0.1) is 0 Å². The fourth-order valence-corrected chi connectivity index (χ4v) is 2.38. The van der Waals surface area contributed by atoms with Crippen molar-refractivity contribution in [1.82, 2.24) is 9.55 Å². The van der Waals surface area contributed by atoms with Gasteiger partial charge in [0.15, 0.2) is 0 Å². The van der Waals surface area contributed by atoms with Gasteiger partial charge in [-0.1, -0.05) is 29.8 Å². The second-order valence-corrected chi connectivity index (χ2v) is 5.22. The highest BCUT2D eigenvalue weighted by Crippen LogP contribution is 2.19. The summed E-state index contributed by atoms with van der Waals surface area (Å²) in [6.07, 6.45) is 0. The monoisotopic (exact) mass is 329 g/mol. The standard InChI is InChI=1S/C15H13ClN6O/c16-9-4-3-5-10(8-9)19-15(23)22-12-7-2-1-6-11(12)20-14(22)21-13(17)18/h1-8H,(H,19,23)(H4,17,18,20,21)/p+1. The molecule has 0 radical (unpaired) electrons. The molecule has 3 rings (SSSR count). The van der Waals surface area contributed by atoms with Gasteiger partial charge in [0.1, 0.15) is 11.0 Å². The molecule has 1 aromatic heterocycles. The van der Waals surface area contributed by atoms with Crippen LogP contribution in [0.1, 0.15) is 0 Å². The first-order valence-electron chi connectivity index (χ1n) is 6.74. The number of aromatic nitrogens is 2. The number of amides is 1. The van der Waals surface area contributed by atoms with Crippen molar-refractivity contribution in [3.8, 4) is 0 Å². The first-order chi connectivity index (χ1) is 11.0. The molecule has 8 heteroatoms. The zero-order valence-electron chi connectivity index (χ0n) is 12.0. The average Bonchev–Trinajstić information content (AvgIpc) is 2.84. The van der Waals surface area contributed by atoms with Crippen LogP contribution in [0, 0.1) is 0 Å². The number of hydrogen-bond acceptors (Lipinski definition) is 2. The summed E-state index contributed by atoms with van der Waals surface area (Å²) in [6, 6.07) is 13.6. The van der Waals surface area contributed by atoms with Gasteiger partial charge in [-0.05, 0) is 30.3 Å². The Bertz CT molecular complexity index is 913. The van der Waals surface area contributed by atoms with Gasteiger partial charge in [0, 0.05) is 10.7 Å². The number of para-hydroxylation sites is 2. The van der Waals surface area contributed by atoms with Crippen molar-refractivity contribution < 1.29 is 9.79 Å². The number of halogens is 1. The summed E-state index contributed by atoms with van der Waals surface area (Å²) in [4.78, 5) is 19.6. The predicted octanol–water partition coefficient (Wildman–Crippen LogP) is 0.755. The Labute approximate surface area is 136 Å². The van der Waals surface area contributed by atoms with Crippen LogP contribution in [0.3, 0.4) is 0 Å². The van der Waals surface area contributed by atoms with Gasteiger partial charge >= 0.3 is 12.0 Å². The Morgan fingerprint density at radius 2 is 1.96 bits per heavy atom. The lowest BCUT2D eigenvalue weighted by Gasteiger charge is -2.05. The number of hydrogen-bond donors (Lipinski definition) is 4. The van der Waals surface area contributed by atoms with E-state index in [1.807, 2.05) is 12.1 Å². The zero-order chi connectivity index (χ0) is 16.4. The lowest BCUT2D eigenvalue weighted by Crippen LogP contribution is -2.74. The Balaban J connectivity index is 2.06. The number of carbonyl (C=O) groups is 1. The van der Waals surface area contributed by atoms with E-state index in [1.165, 1.54) is 4.57 Å². The van der Waals surface area contributed by atoms with E-state index >= 15 is 0 Å². The Kier molecular flexibility index (Phi) is 3.86. The second kappa shape index (κ2) is 5.98. The third-order valence-electron chi connectivity index (χ3n) is 3.10. The number of nitrogens with two attached hydrogens (primary N) is 2. The van der Waals surface area contributed by atoms with E-state index in [1.54, 1.807) is 36.4 Å². The van der Waals surface area contributed by atoms with Crippen LogP contribution < -0.4 is 21.8 Å². The lowest BCUT2D eigenvalue weighted by atomic mass is 10.3. The lowest BCUT2D eigenvalue weighted by molar-refractivity contribution is -0.367. The van der Waals surface area contributed by atoms with Crippen LogP contribution in [0.25, 0.3) is 11.0 Å². The summed E-state index contributed by atoms with van der Waals surface area (Å²) < 4.78 is 1.36. The maximum Gasteiger partial charge on any atom is 0.368 e. The number of nitrogens with zero attached hydrogens (tertiary/aromatic N) is 2. The normalized spacial score (nSPS) is 10.5. The van der Waals surface area contributed by atoms with Gasteiger partial charge in [-0.2, -0.15) is 4.57 Å². The van der Waals surface area contributed by atoms with E-state index in [9.17, 15) is 4.79 Å². The van der Waals surface area contributed by atoms with Crippen LogP contribution in [0.2, 0.25) is 5.02 Å². The number of benzene rings is 2. The Morgan fingerprint density at radius 1 is 1.17 bits per heavy atom. The van der Waals surface area contributed by atoms with Crippen LogP contribution >= 0.6 is 11.6 Å². The van der Waals surface area contributed by atoms with E-state index in [2.05, 4.69) is 15.3 Å². The molecule has 0 fully saturated rings. The molecule has 0 aliphatic rings. The maximum atomic E-state index is 12.6. The molecule has 7 nitrogen and oxygen atoms in total. The molecule has 6 N–H and O–H groups in total. The van der Waals surface area contributed by atoms with Crippen molar-refractivity contribution in [1.29, 1.82) is 0 Å². The summed E-state index contributed by atoms with van der Waals surface area (Å²) in [5.41, 5.74) is 12.8. The minimum Gasteiger partial charge on any atom is -0.323 e. The first kappa shape index (κ1) is 14.9. The first-order valence-corrected chi connectivity index (χ1v) is 7.12. The molecule has 0 aliphatic heterocycles. The molecule has 23 heavy (non-hydrogen) atoms.